The van der Waals surface area contributed by atoms with Gasteiger partial charge in [-0.3, -0.25) is 9.09 Å². The molecule has 4 aromatic rings. The van der Waals surface area contributed by atoms with Crippen LogP contribution in [0, 0.1) is 6.92 Å². The number of benzene rings is 1. The predicted octanol–water partition coefficient (Wildman–Crippen LogP) is 4.05. The average molecular weight is 355 g/mol. The molecule has 0 saturated heterocycles. The Balaban J connectivity index is 1.71. The van der Waals surface area contributed by atoms with Crippen LogP contribution in [0.5, 0.6) is 0 Å². The molecule has 0 aliphatic carbocycles. The van der Waals surface area contributed by atoms with Crippen LogP contribution in [0.1, 0.15) is 10.6 Å². The van der Waals surface area contributed by atoms with Crippen molar-refractivity contribution in [2.45, 2.75) is 13.5 Å². The van der Waals surface area contributed by atoms with E-state index in [1.165, 1.54) is 11.3 Å². The highest BCUT2D eigenvalue weighted by Gasteiger charge is 2.17. The number of thiophene rings is 1. The molecule has 0 spiro atoms. The number of hydrogen-bond donors (Lipinski definition) is 0. The number of rotatable bonds is 4. The molecule has 4 rings (SSSR count). The van der Waals surface area contributed by atoms with Gasteiger partial charge in [0.05, 0.1) is 17.1 Å². The summed E-state index contributed by atoms with van der Waals surface area (Å²) < 4.78 is 6.43. The standard InChI is InChI=1S/C17H13N3O2S2/c1-11-14(24-16(18-11)12-6-3-2-4-7-12)10-20-15(19-22-17(20)21)13-8-5-9-23-13/h2-9H,10H2,1H3. The van der Waals surface area contributed by atoms with E-state index in [1.54, 1.807) is 15.9 Å². The molecule has 0 unspecified atom stereocenters. The van der Waals surface area contributed by atoms with Crippen molar-refractivity contribution in [1.29, 1.82) is 0 Å². The molecule has 0 amide bonds. The van der Waals surface area contributed by atoms with Crippen molar-refractivity contribution in [2.75, 3.05) is 0 Å². The first-order valence-corrected chi connectivity index (χ1v) is 9.04. The summed E-state index contributed by atoms with van der Waals surface area (Å²) in [6.07, 6.45) is 0. The minimum Gasteiger partial charge on any atom is -0.295 e. The summed E-state index contributed by atoms with van der Waals surface area (Å²) in [6, 6.07) is 13.9. The van der Waals surface area contributed by atoms with Crippen molar-refractivity contribution in [1.82, 2.24) is 14.7 Å². The fourth-order valence-electron chi connectivity index (χ4n) is 2.41. The van der Waals surface area contributed by atoms with Crippen LogP contribution in [-0.4, -0.2) is 14.7 Å². The molecule has 0 aliphatic heterocycles. The third kappa shape index (κ3) is 2.72. The summed E-state index contributed by atoms with van der Waals surface area (Å²) in [5, 5.41) is 6.82. The van der Waals surface area contributed by atoms with Crippen molar-refractivity contribution in [3.05, 3.63) is 69.0 Å². The van der Waals surface area contributed by atoms with E-state index in [0.717, 1.165) is 26.0 Å². The Bertz CT molecular complexity index is 1010. The molecule has 0 atom stereocenters. The molecule has 0 saturated carbocycles. The number of nitrogens with zero attached hydrogens (tertiary/aromatic N) is 3. The third-order valence-corrected chi connectivity index (χ3v) is 5.70. The van der Waals surface area contributed by atoms with Crippen molar-refractivity contribution in [2.24, 2.45) is 0 Å². The predicted molar refractivity (Wildman–Crippen MR) is 95.5 cm³/mol. The van der Waals surface area contributed by atoms with Gasteiger partial charge in [-0.1, -0.05) is 41.6 Å². The van der Waals surface area contributed by atoms with Crippen molar-refractivity contribution in [3.63, 3.8) is 0 Å². The van der Waals surface area contributed by atoms with Crippen LogP contribution in [0.15, 0.2) is 57.2 Å². The summed E-state index contributed by atoms with van der Waals surface area (Å²) in [5.74, 6) is 0.108. The molecular formula is C17H13N3O2S2. The molecule has 0 bridgehead atoms. The largest absolute Gasteiger partial charge is 0.442 e. The van der Waals surface area contributed by atoms with Gasteiger partial charge in [0.2, 0.25) is 0 Å². The second kappa shape index (κ2) is 6.18. The molecule has 0 radical (unpaired) electrons. The maximum atomic E-state index is 12.1. The van der Waals surface area contributed by atoms with E-state index in [-0.39, 0.29) is 0 Å². The smallest absolute Gasteiger partial charge is 0.295 e. The summed E-state index contributed by atoms with van der Waals surface area (Å²) in [4.78, 5) is 18.6. The Morgan fingerprint density at radius 2 is 2.00 bits per heavy atom. The van der Waals surface area contributed by atoms with E-state index in [1.807, 2.05) is 54.8 Å². The van der Waals surface area contributed by atoms with Gasteiger partial charge in [0, 0.05) is 10.4 Å². The molecular weight excluding hydrogens is 342 g/mol. The lowest BCUT2D eigenvalue weighted by atomic mass is 10.2. The second-order valence-electron chi connectivity index (χ2n) is 5.23. The van der Waals surface area contributed by atoms with Crippen LogP contribution in [0.25, 0.3) is 21.3 Å². The molecule has 24 heavy (non-hydrogen) atoms. The zero-order valence-corrected chi connectivity index (χ0v) is 14.4. The van der Waals surface area contributed by atoms with Crippen LogP contribution in [0.3, 0.4) is 0 Å². The molecule has 3 heterocycles. The lowest BCUT2D eigenvalue weighted by Crippen LogP contribution is -2.15. The summed E-state index contributed by atoms with van der Waals surface area (Å²) >= 11 is 3.11. The topological polar surface area (TPSA) is 60.9 Å². The molecule has 7 heteroatoms. The first-order chi connectivity index (χ1) is 11.7. The van der Waals surface area contributed by atoms with Gasteiger partial charge < -0.3 is 0 Å². The fraction of sp³-hybridized carbons (Fsp3) is 0.118. The molecule has 0 fully saturated rings. The van der Waals surface area contributed by atoms with Gasteiger partial charge in [-0.25, -0.2) is 9.78 Å². The van der Waals surface area contributed by atoms with E-state index in [2.05, 4.69) is 10.1 Å². The van der Waals surface area contributed by atoms with Gasteiger partial charge in [-0.15, -0.1) is 22.7 Å². The van der Waals surface area contributed by atoms with E-state index >= 15 is 0 Å². The normalized spacial score (nSPS) is 11.0. The van der Waals surface area contributed by atoms with Crippen LogP contribution in [-0.2, 0) is 6.54 Å². The maximum absolute atomic E-state index is 12.1. The van der Waals surface area contributed by atoms with E-state index in [9.17, 15) is 4.79 Å². The van der Waals surface area contributed by atoms with E-state index < -0.39 is 5.76 Å². The highest BCUT2D eigenvalue weighted by Crippen LogP contribution is 2.29. The van der Waals surface area contributed by atoms with Crippen molar-refractivity contribution in [3.8, 4) is 21.3 Å². The fourth-order valence-corrected chi connectivity index (χ4v) is 4.18. The lowest BCUT2D eigenvalue weighted by Gasteiger charge is -2.01. The number of aromatic nitrogens is 3. The molecule has 5 nitrogen and oxygen atoms in total. The third-order valence-electron chi connectivity index (χ3n) is 3.64. The SMILES string of the molecule is Cc1nc(-c2ccccc2)sc1Cn1c(-c2cccs2)noc1=O. The first kappa shape index (κ1) is 15.0. The zero-order valence-electron chi connectivity index (χ0n) is 12.8. The quantitative estimate of drug-likeness (QED) is 0.554. The van der Waals surface area contributed by atoms with Gasteiger partial charge >= 0.3 is 5.76 Å². The Hall–Kier alpha value is -2.51. The number of hydrogen-bond acceptors (Lipinski definition) is 6. The van der Waals surface area contributed by atoms with Crippen LogP contribution < -0.4 is 5.76 Å². The van der Waals surface area contributed by atoms with Gasteiger partial charge in [0.15, 0.2) is 5.82 Å². The van der Waals surface area contributed by atoms with Crippen LogP contribution >= 0.6 is 22.7 Å². The summed E-state index contributed by atoms with van der Waals surface area (Å²) in [5.41, 5.74) is 2.00. The number of aryl methyl sites for hydroxylation is 1. The van der Waals surface area contributed by atoms with E-state index in [0.29, 0.717) is 12.4 Å². The Labute approximate surface area is 145 Å². The van der Waals surface area contributed by atoms with Crippen LogP contribution in [0.2, 0.25) is 0 Å². The van der Waals surface area contributed by atoms with Gasteiger partial charge in [0.1, 0.15) is 5.01 Å². The Morgan fingerprint density at radius 1 is 1.17 bits per heavy atom. The van der Waals surface area contributed by atoms with Crippen molar-refractivity contribution >= 4 is 22.7 Å². The number of thiazole rings is 1. The zero-order chi connectivity index (χ0) is 16.5. The minimum atomic E-state index is -0.451. The Kier molecular flexibility index (Phi) is 3.87. The average Bonchev–Trinajstić information content (AvgIpc) is 3.31. The second-order valence-corrected chi connectivity index (χ2v) is 7.26. The monoisotopic (exact) mass is 355 g/mol. The molecule has 3 aromatic heterocycles. The summed E-state index contributed by atoms with van der Waals surface area (Å²) in [7, 11) is 0. The molecule has 120 valence electrons. The Morgan fingerprint density at radius 3 is 2.75 bits per heavy atom. The minimum absolute atomic E-state index is 0.409. The first-order valence-electron chi connectivity index (χ1n) is 7.34. The van der Waals surface area contributed by atoms with E-state index in [4.69, 9.17) is 4.52 Å². The highest BCUT2D eigenvalue weighted by molar-refractivity contribution is 7.15. The van der Waals surface area contributed by atoms with Gasteiger partial charge in [-0.05, 0) is 18.4 Å². The molecule has 0 N–H and O–H groups in total. The summed E-state index contributed by atoms with van der Waals surface area (Å²) in [6.45, 7) is 2.37. The molecule has 0 aliphatic rings. The lowest BCUT2D eigenvalue weighted by molar-refractivity contribution is 0.378. The molecule has 1 aromatic carbocycles. The van der Waals surface area contributed by atoms with Crippen molar-refractivity contribution < 1.29 is 4.52 Å². The van der Waals surface area contributed by atoms with Crippen LogP contribution in [0.4, 0.5) is 0 Å². The van der Waals surface area contributed by atoms with Gasteiger partial charge in [0.25, 0.3) is 0 Å². The van der Waals surface area contributed by atoms with Gasteiger partial charge in [-0.2, -0.15) is 0 Å². The highest BCUT2D eigenvalue weighted by atomic mass is 32.1. The maximum Gasteiger partial charge on any atom is 0.442 e.